The van der Waals surface area contributed by atoms with E-state index in [0.29, 0.717) is 48.5 Å². The number of hydrogen-bond acceptors (Lipinski definition) is 6. The zero-order valence-electron chi connectivity index (χ0n) is 14.6. The van der Waals surface area contributed by atoms with Crippen LogP contribution in [0, 0.1) is 0 Å². The number of nitrogens with two attached hydrogens (primary N) is 1. The van der Waals surface area contributed by atoms with Crippen LogP contribution in [0.25, 0.3) is 0 Å². The zero-order chi connectivity index (χ0) is 18.7. The highest BCUT2D eigenvalue weighted by molar-refractivity contribution is 7.90. The number of nitrogen functional groups attached to an aromatic ring is 1. The van der Waals surface area contributed by atoms with Crippen LogP contribution >= 0.6 is 0 Å². The van der Waals surface area contributed by atoms with E-state index in [2.05, 4.69) is 0 Å². The van der Waals surface area contributed by atoms with Gasteiger partial charge in [-0.2, -0.15) is 0 Å². The first kappa shape index (κ1) is 18.9. The lowest BCUT2D eigenvalue weighted by Crippen LogP contribution is -2.28. The number of ether oxygens (including phenoxy) is 1. The predicted molar refractivity (Wildman–Crippen MR) is 101 cm³/mol. The Labute approximate surface area is 154 Å². The summed E-state index contributed by atoms with van der Waals surface area (Å²) in [7, 11) is -4.56. The lowest BCUT2D eigenvalue weighted by Gasteiger charge is -2.12. The average Bonchev–Trinajstić information content (AvgIpc) is 2.95. The normalized spacial score (nSPS) is 13.8. The third-order valence-electron chi connectivity index (χ3n) is 4.37. The van der Waals surface area contributed by atoms with Crippen LogP contribution in [-0.4, -0.2) is 33.8 Å². The minimum Gasteiger partial charge on any atom is -0.423 e. The summed E-state index contributed by atoms with van der Waals surface area (Å²) in [5, 5.41) is 9.82. The van der Waals surface area contributed by atoms with Crippen LogP contribution < -0.4 is 11.2 Å². The zero-order valence-corrected chi connectivity index (χ0v) is 15.5. The van der Waals surface area contributed by atoms with Gasteiger partial charge in [-0.3, -0.25) is 0 Å². The summed E-state index contributed by atoms with van der Waals surface area (Å²) in [5.41, 5.74) is 9.13. The molecule has 0 saturated carbocycles. The van der Waals surface area contributed by atoms with E-state index in [-0.39, 0.29) is 10.6 Å². The number of rotatable bonds is 7. The van der Waals surface area contributed by atoms with E-state index < -0.39 is 17.0 Å². The highest BCUT2D eigenvalue weighted by atomic mass is 32.2. The Morgan fingerprint density at radius 1 is 1.27 bits per heavy atom. The van der Waals surface area contributed by atoms with Crippen LogP contribution in [0.5, 0.6) is 0 Å². The van der Waals surface area contributed by atoms with E-state index in [1.165, 1.54) is 0 Å². The number of benzene rings is 2. The number of fused-ring (bicyclic) bond motifs is 1. The second-order valence-corrected chi connectivity index (χ2v) is 8.23. The molecule has 0 atom stereocenters. The van der Waals surface area contributed by atoms with Gasteiger partial charge in [0.1, 0.15) is 0 Å². The molecular formula is C18H22BNO5S. The topological polar surface area (TPSA) is 98.9 Å². The molecule has 0 unspecified atom stereocenters. The molecule has 1 aliphatic rings. The lowest BCUT2D eigenvalue weighted by atomic mass is 9.79. The van der Waals surface area contributed by atoms with Crippen molar-refractivity contribution >= 4 is 28.1 Å². The van der Waals surface area contributed by atoms with Crippen molar-refractivity contribution in [2.45, 2.75) is 30.6 Å². The Bertz CT molecular complexity index is 900. The second kappa shape index (κ2) is 7.79. The fraction of sp³-hybridized carbons (Fsp3) is 0.333. The van der Waals surface area contributed by atoms with Crippen LogP contribution in [0.4, 0.5) is 5.69 Å². The van der Waals surface area contributed by atoms with Crippen molar-refractivity contribution in [1.29, 1.82) is 0 Å². The monoisotopic (exact) mass is 375 g/mol. The molecule has 26 heavy (non-hydrogen) atoms. The molecule has 0 aromatic heterocycles. The van der Waals surface area contributed by atoms with Crippen LogP contribution in [0.2, 0.25) is 0 Å². The third-order valence-corrected chi connectivity index (χ3v) is 6.15. The molecule has 0 fully saturated rings. The Kier molecular flexibility index (Phi) is 5.67. The smallest absolute Gasteiger partial charge is 0.423 e. The molecule has 0 saturated heterocycles. The molecule has 3 N–H and O–H groups in total. The summed E-state index contributed by atoms with van der Waals surface area (Å²) < 4.78 is 36.5. The Balaban J connectivity index is 1.88. The number of anilines is 1. The van der Waals surface area contributed by atoms with Gasteiger partial charge in [0.15, 0.2) is 9.84 Å². The highest BCUT2D eigenvalue weighted by Crippen LogP contribution is 2.24. The maximum absolute atomic E-state index is 13.0. The summed E-state index contributed by atoms with van der Waals surface area (Å²) in [6, 6.07) is 10.1. The standard InChI is InChI=1S/C18H22BNO5S/c1-2-24-8-7-14-10-16(20)5-6-18(14)26(22,23)12-13-3-4-15-11-25-19(21)17(15)9-13/h3-6,9-10,21H,2,7-8,11-12,20H2,1H3. The van der Waals surface area contributed by atoms with Gasteiger partial charge in [0.25, 0.3) is 0 Å². The van der Waals surface area contributed by atoms with Gasteiger partial charge in [0, 0.05) is 12.3 Å². The van der Waals surface area contributed by atoms with E-state index in [1.807, 2.05) is 6.92 Å². The molecule has 3 rings (SSSR count). The molecule has 0 radical (unpaired) electrons. The Hall–Kier alpha value is -1.87. The molecule has 1 aliphatic heterocycles. The fourth-order valence-electron chi connectivity index (χ4n) is 3.08. The Morgan fingerprint density at radius 3 is 2.85 bits per heavy atom. The minimum atomic E-state index is -3.57. The molecule has 1 heterocycles. The van der Waals surface area contributed by atoms with E-state index in [0.717, 1.165) is 5.56 Å². The van der Waals surface area contributed by atoms with Gasteiger partial charge in [-0.05, 0) is 53.7 Å². The average molecular weight is 375 g/mol. The summed E-state index contributed by atoms with van der Waals surface area (Å²) in [4.78, 5) is 0.267. The molecule has 8 heteroatoms. The van der Waals surface area contributed by atoms with Crippen molar-refractivity contribution in [3.63, 3.8) is 0 Å². The van der Waals surface area contributed by atoms with Crippen molar-refractivity contribution < 1.29 is 22.8 Å². The predicted octanol–water partition coefficient (Wildman–Crippen LogP) is 1.04. The number of sulfone groups is 1. The summed E-state index contributed by atoms with van der Waals surface area (Å²) in [5.74, 6) is -0.154. The van der Waals surface area contributed by atoms with Crippen molar-refractivity contribution in [2.75, 3.05) is 18.9 Å². The van der Waals surface area contributed by atoms with Gasteiger partial charge in [-0.15, -0.1) is 0 Å². The third kappa shape index (κ3) is 4.10. The maximum Gasteiger partial charge on any atom is 0.491 e. The maximum atomic E-state index is 13.0. The van der Waals surface area contributed by atoms with Gasteiger partial charge in [0.2, 0.25) is 0 Å². The molecule has 0 amide bonds. The van der Waals surface area contributed by atoms with Crippen molar-refractivity contribution in [1.82, 2.24) is 0 Å². The Morgan fingerprint density at radius 2 is 2.08 bits per heavy atom. The molecule has 138 valence electrons. The van der Waals surface area contributed by atoms with Crippen LogP contribution in [0.1, 0.15) is 23.6 Å². The first-order chi connectivity index (χ1) is 12.4. The highest BCUT2D eigenvalue weighted by Gasteiger charge is 2.28. The lowest BCUT2D eigenvalue weighted by molar-refractivity contribution is 0.150. The van der Waals surface area contributed by atoms with Crippen molar-refractivity contribution in [3.05, 3.63) is 53.1 Å². The molecule has 2 aromatic rings. The van der Waals surface area contributed by atoms with Crippen LogP contribution in [-0.2, 0) is 38.0 Å². The minimum absolute atomic E-state index is 0.154. The SMILES string of the molecule is CCOCCc1cc(N)ccc1S(=O)(=O)Cc1ccc2c(c1)B(O)OC2. The van der Waals surface area contributed by atoms with Crippen molar-refractivity contribution in [3.8, 4) is 0 Å². The van der Waals surface area contributed by atoms with Gasteiger partial charge < -0.3 is 20.1 Å². The van der Waals surface area contributed by atoms with Crippen molar-refractivity contribution in [2.24, 2.45) is 0 Å². The summed E-state index contributed by atoms with van der Waals surface area (Å²) >= 11 is 0. The van der Waals surface area contributed by atoms with Crippen LogP contribution in [0.15, 0.2) is 41.3 Å². The molecule has 0 spiro atoms. The van der Waals surface area contributed by atoms with Gasteiger partial charge >= 0.3 is 7.12 Å². The number of hydrogen-bond donors (Lipinski definition) is 2. The molecular weight excluding hydrogens is 353 g/mol. The molecule has 0 aliphatic carbocycles. The summed E-state index contributed by atoms with van der Waals surface area (Å²) in [6.45, 7) is 3.24. The molecule has 0 bridgehead atoms. The van der Waals surface area contributed by atoms with E-state index >= 15 is 0 Å². The van der Waals surface area contributed by atoms with E-state index in [4.69, 9.17) is 15.1 Å². The van der Waals surface area contributed by atoms with E-state index in [1.54, 1.807) is 36.4 Å². The quantitative estimate of drug-likeness (QED) is 0.426. The molecule has 2 aromatic carbocycles. The first-order valence-electron chi connectivity index (χ1n) is 8.51. The fourth-order valence-corrected chi connectivity index (χ4v) is 4.69. The summed E-state index contributed by atoms with van der Waals surface area (Å²) in [6.07, 6.45) is 0.476. The van der Waals surface area contributed by atoms with E-state index in [9.17, 15) is 13.4 Å². The molecule has 6 nitrogen and oxygen atoms in total. The van der Waals surface area contributed by atoms with Gasteiger partial charge in [-0.1, -0.05) is 18.2 Å². The van der Waals surface area contributed by atoms with Crippen LogP contribution in [0.3, 0.4) is 0 Å². The van der Waals surface area contributed by atoms with Gasteiger partial charge in [0.05, 0.1) is 23.9 Å². The first-order valence-corrected chi connectivity index (χ1v) is 10.2. The largest absolute Gasteiger partial charge is 0.491 e. The second-order valence-electron chi connectivity index (χ2n) is 6.27. The van der Waals surface area contributed by atoms with Gasteiger partial charge in [-0.25, -0.2) is 8.42 Å².